The molecule has 2 fully saturated rings. The topological polar surface area (TPSA) is 70.0 Å². The number of amides is 1. The Hall–Kier alpha value is -0.650. The Morgan fingerprint density at radius 3 is 2.07 bits per heavy atom. The predicted molar refractivity (Wildman–Crippen MR) is 107 cm³/mol. The lowest BCUT2D eigenvalue weighted by atomic mass is 9.96. The second-order valence-electron chi connectivity index (χ2n) is 8.39. The molecule has 0 bridgehead atoms. The number of carbonyl (C=O) groups is 1. The van der Waals surface area contributed by atoms with Crippen molar-refractivity contribution in [2.45, 2.75) is 128 Å². The first-order chi connectivity index (χ1) is 13.2. The molecule has 2 N–H and O–H groups in total. The van der Waals surface area contributed by atoms with Crippen molar-refractivity contribution >= 4 is 5.91 Å². The van der Waals surface area contributed by atoms with Gasteiger partial charge in [0.2, 0.25) is 5.91 Å². The van der Waals surface area contributed by atoms with Crippen LogP contribution < -0.4 is 0 Å². The van der Waals surface area contributed by atoms with Gasteiger partial charge in [0.05, 0.1) is 18.8 Å². The number of aliphatic hydroxyl groups is 2. The van der Waals surface area contributed by atoms with Crippen LogP contribution in [0.5, 0.6) is 0 Å². The number of carbonyl (C=O) groups excluding carboxylic acids is 1. The van der Waals surface area contributed by atoms with Crippen LogP contribution in [0.3, 0.4) is 0 Å². The molecule has 4 unspecified atom stereocenters. The molecule has 2 aliphatic rings. The van der Waals surface area contributed by atoms with Crippen LogP contribution in [0.25, 0.3) is 0 Å². The third-order valence-corrected chi connectivity index (χ3v) is 6.20. The van der Waals surface area contributed by atoms with Crippen LogP contribution in [0.1, 0.15) is 103 Å². The zero-order chi connectivity index (χ0) is 19.5. The van der Waals surface area contributed by atoms with Gasteiger partial charge in [-0.2, -0.15) is 0 Å². The molecular formula is C22H41NO4. The van der Waals surface area contributed by atoms with E-state index in [4.69, 9.17) is 4.74 Å². The normalized spacial score (nSPS) is 28.0. The summed E-state index contributed by atoms with van der Waals surface area (Å²) >= 11 is 0. The zero-order valence-corrected chi connectivity index (χ0v) is 17.3. The number of hydrogen-bond donors (Lipinski definition) is 2. The summed E-state index contributed by atoms with van der Waals surface area (Å²) < 4.78 is 5.97. The number of fused-ring (bicyclic) bond motifs is 1. The molecule has 27 heavy (non-hydrogen) atoms. The standard InChI is InChI=1S/C22H41NO4/c1-2-3-4-5-6-7-8-9-10-11-12-13-14-19-22(26)18(17-24)23-20(25)15-16-21(23)27-19/h18-19,21-22,24,26H,2-17H2,1H3. The lowest BCUT2D eigenvalue weighted by Gasteiger charge is -2.44. The molecule has 5 nitrogen and oxygen atoms in total. The van der Waals surface area contributed by atoms with Crippen molar-refractivity contribution in [3.63, 3.8) is 0 Å². The predicted octanol–water partition coefficient (Wildman–Crippen LogP) is 4.15. The van der Waals surface area contributed by atoms with Crippen LogP contribution in [-0.2, 0) is 9.53 Å². The van der Waals surface area contributed by atoms with Gasteiger partial charge < -0.3 is 19.8 Å². The van der Waals surface area contributed by atoms with Gasteiger partial charge in [-0.15, -0.1) is 0 Å². The number of ether oxygens (including phenoxy) is 1. The molecule has 1 amide bonds. The van der Waals surface area contributed by atoms with E-state index in [2.05, 4.69) is 6.92 Å². The van der Waals surface area contributed by atoms with Gasteiger partial charge in [-0.1, -0.05) is 84.0 Å². The zero-order valence-electron chi connectivity index (χ0n) is 17.3. The van der Waals surface area contributed by atoms with Gasteiger partial charge in [0.15, 0.2) is 0 Å². The Labute approximate surface area is 165 Å². The lowest BCUT2D eigenvalue weighted by molar-refractivity contribution is -0.210. The maximum absolute atomic E-state index is 11.9. The first-order valence-electron chi connectivity index (χ1n) is 11.4. The van der Waals surface area contributed by atoms with E-state index in [1.54, 1.807) is 4.90 Å². The minimum atomic E-state index is -0.777. The molecule has 0 aliphatic carbocycles. The molecule has 0 radical (unpaired) electrons. The minimum Gasteiger partial charge on any atom is -0.394 e. The summed E-state index contributed by atoms with van der Waals surface area (Å²) in [6, 6.07) is -0.499. The van der Waals surface area contributed by atoms with E-state index in [1.165, 1.54) is 70.6 Å². The second kappa shape index (κ2) is 12.7. The van der Waals surface area contributed by atoms with Crippen molar-refractivity contribution < 1.29 is 19.7 Å². The number of rotatable bonds is 14. The molecule has 0 saturated carbocycles. The quantitative estimate of drug-likeness (QED) is 0.442. The van der Waals surface area contributed by atoms with Crippen molar-refractivity contribution in [1.82, 2.24) is 4.90 Å². The summed E-state index contributed by atoms with van der Waals surface area (Å²) in [6.45, 7) is 2.07. The molecule has 0 aromatic rings. The van der Waals surface area contributed by atoms with Gasteiger partial charge in [-0.3, -0.25) is 4.79 Å². The average Bonchev–Trinajstić information content (AvgIpc) is 3.03. The fraction of sp³-hybridized carbons (Fsp3) is 0.955. The maximum atomic E-state index is 11.9. The molecule has 2 saturated heterocycles. The molecule has 0 aromatic carbocycles. The van der Waals surface area contributed by atoms with Gasteiger partial charge >= 0.3 is 0 Å². The molecule has 0 aromatic heterocycles. The van der Waals surface area contributed by atoms with Crippen LogP contribution >= 0.6 is 0 Å². The Kier molecular flexibility index (Phi) is 10.7. The van der Waals surface area contributed by atoms with E-state index in [0.29, 0.717) is 12.8 Å². The fourth-order valence-electron chi connectivity index (χ4n) is 4.52. The van der Waals surface area contributed by atoms with Crippen molar-refractivity contribution in [3.8, 4) is 0 Å². The first-order valence-corrected chi connectivity index (χ1v) is 11.4. The van der Waals surface area contributed by atoms with Crippen molar-refractivity contribution in [3.05, 3.63) is 0 Å². The number of unbranched alkanes of at least 4 members (excludes halogenated alkanes) is 11. The second-order valence-corrected chi connectivity index (χ2v) is 8.39. The van der Waals surface area contributed by atoms with E-state index in [0.717, 1.165) is 12.8 Å². The highest BCUT2D eigenvalue weighted by atomic mass is 16.5. The van der Waals surface area contributed by atoms with Crippen molar-refractivity contribution in [2.24, 2.45) is 0 Å². The first kappa shape index (κ1) is 22.6. The van der Waals surface area contributed by atoms with Crippen LogP contribution in [0.4, 0.5) is 0 Å². The fourth-order valence-corrected chi connectivity index (χ4v) is 4.52. The SMILES string of the molecule is CCCCCCCCCCCCCCC1OC2CCC(=O)N2C(CO)C1O. The molecule has 2 aliphatic heterocycles. The summed E-state index contributed by atoms with van der Waals surface area (Å²) in [5.41, 5.74) is 0. The number of hydrogen-bond acceptors (Lipinski definition) is 4. The Bertz CT molecular complexity index is 417. The minimum absolute atomic E-state index is 0.0121. The van der Waals surface area contributed by atoms with E-state index in [1.807, 2.05) is 0 Å². The van der Waals surface area contributed by atoms with Gasteiger partial charge in [0.1, 0.15) is 12.3 Å². The largest absolute Gasteiger partial charge is 0.394 e. The highest BCUT2D eigenvalue weighted by Gasteiger charge is 2.47. The Balaban J connectivity index is 1.51. The lowest BCUT2D eigenvalue weighted by Crippen LogP contribution is -2.60. The van der Waals surface area contributed by atoms with Crippen molar-refractivity contribution in [1.29, 1.82) is 0 Å². The molecule has 0 spiro atoms. The van der Waals surface area contributed by atoms with Gasteiger partial charge in [-0.25, -0.2) is 0 Å². The van der Waals surface area contributed by atoms with Crippen LogP contribution in [0.2, 0.25) is 0 Å². The third kappa shape index (κ3) is 7.03. The van der Waals surface area contributed by atoms with Gasteiger partial charge in [0.25, 0.3) is 0 Å². The van der Waals surface area contributed by atoms with E-state index >= 15 is 0 Å². The summed E-state index contributed by atoms with van der Waals surface area (Å²) in [5.74, 6) is -0.0121. The molecule has 5 heteroatoms. The molecular weight excluding hydrogens is 342 g/mol. The van der Waals surface area contributed by atoms with E-state index in [-0.39, 0.29) is 24.8 Å². The van der Waals surface area contributed by atoms with Crippen LogP contribution in [0.15, 0.2) is 0 Å². The summed E-state index contributed by atoms with van der Waals surface area (Å²) in [5, 5.41) is 20.1. The van der Waals surface area contributed by atoms with Crippen LogP contribution in [0, 0.1) is 0 Å². The van der Waals surface area contributed by atoms with E-state index < -0.39 is 12.1 Å². The third-order valence-electron chi connectivity index (χ3n) is 6.20. The molecule has 158 valence electrons. The summed E-state index contributed by atoms with van der Waals surface area (Å²) in [6.07, 6.45) is 16.4. The van der Waals surface area contributed by atoms with Gasteiger partial charge in [-0.05, 0) is 6.42 Å². The van der Waals surface area contributed by atoms with Gasteiger partial charge in [0, 0.05) is 12.8 Å². The monoisotopic (exact) mass is 383 g/mol. The van der Waals surface area contributed by atoms with Crippen molar-refractivity contribution in [2.75, 3.05) is 6.61 Å². The highest BCUT2D eigenvalue weighted by Crippen LogP contribution is 2.33. The number of aliphatic hydroxyl groups excluding tert-OH is 2. The van der Waals surface area contributed by atoms with E-state index in [9.17, 15) is 15.0 Å². The highest BCUT2D eigenvalue weighted by molar-refractivity contribution is 5.79. The molecule has 2 heterocycles. The smallest absolute Gasteiger partial charge is 0.225 e. The average molecular weight is 384 g/mol. The Morgan fingerprint density at radius 2 is 1.52 bits per heavy atom. The Morgan fingerprint density at radius 1 is 0.963 bits per heavy atom. The summed E-state index contributed by atoms with van der Waals surface area (Å²) in [4.78, 5) is 13.5. The number of nitrogens with zero attached hydrogens (tertiary/aromatic N) is 1. The van der Waals surface area contributed by atoms with Crippen LogP contribution in [-0.4, -0.2) is 52.1 Å². The molecule has 2 rings (SSSR count). The maximum Gasteiger partial charge on any atom is 0.225 e. The molecule has 4 atom stereocenters. The summed E-state index contributed by atoms with van der Waals surface area (Å²) in [7, 11) is 0.